The highest BCUT2D eigenvalue weighted by atomic mass is 16.5. The molecule has 1 aliphatic carbocycles. The van der Waals surface area contributed by atoms with Gasteiger partial charge in [0, 0.05) is 6.20 Å². The Morgan fingerprint density at radius 3 is 3.11 bits per heavy atom. The van der Waals surface area contributed by atoms with Crippen LogP contribution in [0.4, 0.5) is 0 Å². The summed E-state index contributed by atoms with van der Waals surface area (Å²) in [6, 6.07) is 0. The van der Waals surface area contributed by atoms with Crippen LogP contribution in [-0.2, 0) is 11.3 Å². The first-order valence-electron chi connectivity index (χ1n) is 6.84. The van der Waals surface area contributed by atoms with Crippen molar-refractivity contribution in [3.8, 4) is 0 Å². The number of carboxylic acids is 1. The van der Waals surface area contributed by atoms with Gasteiger partial charge in [0.05, 0.1) is 18.4 Å². The smallest absolute Gasteiger partial charge is 0.339 e. The lowest BCUT2D eigenvalue weighted by atomic mass is 9.85. The van der Waals surface area contributed by atoms with Crippen molar-refractivity contribution < 1.29 is 14.6 Å². The molecule has 104 valence electrons. The van der Waals surface area contributed by atoms with E-state index in [9.17, 15) is 4.79 Å². The van der Waals surface area contributed by atoms with Crippen molar-refractivity contribution in [1.82, 2.24) is 9.97 Å². The Morgan fingerprint density at radius 2 is 2.37 bits per heavy atom. The maximum atomic E-state index is 11.0. The summed E-state index contributed by atoms with van der Waals surface area (Å²) in [6.07, 6.45) is 8.71. The molecule has 19 heavy (non-hydrogen) atoms. The van der Waals surface area contributed by atoms with Gasteiger partial charge in [-0.1, -0.05) is 26.2 Å². The molecule has 0 aliphatic heterocycles. The van der Waals surface area contributed by atoms with Crippen molar-refractivity contribution in [2.24, 2.45) is 5.92 Å². The van der Waals surface area contributed by atoms with Gasteiger partial charge in [0.1, 0.15) is 11.9 Å². The fourth-order valence-corrected chi connectivity index (χ4v) is 2.61. The lowest BCUT2D eigenvalue weighted by Gasteiger charge is -2.28. The number of ether oxygens (including phenoxy) is 1. The predicted octanol–water partition coefficient (Wildman–Crippen LogP) is 2.66. The SMILES string of the molecule is CCC1CCCC(OCc2ncncc2C(=O)O)C1. The maximum absolute atomic E-state index is 11.0. The molecule has 0 amide bonds. The van der Waals surface area contributed by atoms with E-state index in [-0.39, 0.29) is 18.3 Å². The third-order valence-electron chi connectivity index (χ3n) is 3.79. The Morgan fingerprint density at radius 1 is 1.53 bits per heavy atom. The number of hydrogen-bond donors (Lipinski definition) is 1. The molecule has 1 aliphatic rings. The highest BCUT2D eigenvalue weighted by Crippen LogP contribution is 2.28. The van der Waals surface area contributed by atoms with Gasteiger partial charge in [-0.15, -0.1) is 0 Å². The highest BCUT2D eigenvalue weighted by Gasteiger charge is 2.22. The molecule has 0 radical (unpaired) electrons. The van der Waals surface area contributed by atoms with E-state index in [0.717, 1.165) is 18.8 Å². The van der Waals surface area contributed by atoms with E-state index in [1.165, 1.54) is 31.8 Å². The maximum Gasteiger partial charge on any atom is 0.339 e. The molecule has 5 nitrogen and oxygen atoms in total. The molecular formula is C14H20N2O3. The van der Waals surface area contributed by atoms with E-state index in [2.05, 4.69) is 16.9 Å². The Bertz CT molecular complexity index is 436. The quantitative estimate of drug-likeness (QED) is 0.885. The Balaban J connectivity index is 1.93. The minimum atomic E-state index is -1.01. The third kappa shape index (κ3) is 3.73. The van der Waals surface area contributed by atoms with Crippen LogP contribution < -0.4 is 0 Å². The third-order valence-corrected chi connectivity index (χ3v) is 3.79. The van der Waals surface area contributed by atoms with Gasteiger partial charge < -0.3 is 9.84 Å². The lowest BCUT2D eigenvalue weighted by molar-refractivity contribution is -0.000236. The van der Waals surface area contributed by atoms with Crippen LogP contribution >= 0.6 is 0 Å². The van der Waals surface area contributed by atoms with Gasteiger partial charge in [0.25, 0.3) is 0 Å². The topological polar surface area (TPSA) is 72.3 Å². The molecule has 1 aromatic rings. The summed E-state index contributed by atoms with van der Waals surface area (Å²) in [4.78, 5) is 18.8. The minimum absolute atomic E-state index is 0.130. The number of rotatable bonds is 5. The second-order valence-corrected chi connectivity index (χ2v) is 5.06. The van der Waals surface area contributed by atoms with Crippen LogP contribution in [0.25, 0.3) is 0 Å². The van der Waals surface area contributed by atoms with Gasteiger partial charge in [0.2, 0.25) is 0 Å². The number of hydrogen-bond acceptors (Lipinski definition) is 4. The zero-order chi connectivity index (χ0) is 13.7. The van der Waals surface area contributed by atoms with E-state index in [1.54, 1.807) is 0 Å². The number of aromatic carboxylic acids is 1. The van der Waals surface area contributed by atoms with Gasteiger partial charge in [-0.25, -0.2) is 14.8 Å². The van der Waals surface area contributed by atoms with Gasteiger partial charge in [-0.3, -0.25) is 0 Å². The molecule has 2 unspecified atom stereocenters. The molecule has 1 aromatic heterocycles. The fraction of sp³-hybridized carbons (Fsp3) is 0.643. The molecule has 0 aromatic carbocycles. The first-order chi connectivity index (χ1) is 9.20. The molecule has 0 bridgehead atoms. The summed E-state index contributed by atoms with van der Waals surface area (Å²) in [5, 5.41) is 9.05. The van der Waals surface area contributed by atoms with Crippen molar-refractivity contribution >= 4 is 5.97 Å². The van der Waals surface area contributed by atoms with Gasteiger partial charge in [-0.2, -0.15) is 0 Å². The molecule has 5 heteroatoms. The summed E-state index contributed by atoms with van der Waals surface area (Å²) in [5.41, 5.74) is 0.589. The van der Waals surface area contributed by atoms with Gasteiger partial charge >= 0.3 is 5.97 Å². The predicted molar refractivity (Wildman–Crippen MR) is 69.8 cm³/mol. The second kappa shape index (κ2) is 6.61. The zero-order valence-electron chi connectivity index (χ0n) is 11.2. The zero-order valence-corrected chi connectivity index (χ0v) is 11.2. The molecule has 1 heterocycles. The van der Waals surface area contributed by atoms with E-state index >= 15 is 0 Å². The molecule has 1 fully saturated rings. The van der Waals surface area contributed by atoms with Crippen LogP contribution in [0.3, 0.4) is 0 Å². The Kier molecular flexibility index (Phi) is 4.85. The number of nitrogens with zero attached hydrogens (tertiary/aromatic N) is 2. The van der Waals surface area contributed by atoms with Crippen molar-refractivity contribution in [1.29, 1.82) is 0 Å². The largest absolute Gasteiger partial charge is 0.478 e. The standard InChI is InChI=1S/C14H20N2O3/c1-2-10-4-3-5-11(6-10)19-8-13-12(14(17)18)7-15-9-16-13/h7,9-11H,2-6,8H2,1H3,(H,17,18). The van der Waals surface area contributed by atoms with Crippen molar-refractivity contribution in [3.05, 3.63) is 23.8 Å². The van der Waals surface area contributed by atoms with Crippen LogP contribution in [0.1, 0.15) is 55.1 Å². The van der Waals surface area contributed by atoms with Crippen LogP contribution in [0.5, 0.6) is 0 Å². The summed E-state index contributed by atoms with van der Waals surface area (Å²) < 4.78 is 5.84. The van der Waals surface area contributed by atoms with Gasteiger partial charge in [-0.05, 0) is 18.8 Å². The normalized spacial score (nSPS) is 23.2. The van der Waals surface area contributed by atoms with E-state index in [4.69, 9.17) is 9.84 Å². The highest BCUT2D eigenvalue weighted by molar-refractivity contribution is 5.88. The first-order valence-corrected chi connectivity index (χ1v) is 6.84. The van der Waals surface area contributed by atoms with E-state index in [1.807, 2.05) is 0 Å². The molecule has 0 spiro atoms. The molecule has 2 atom stereocenters. The average Bonchev–Trinajstić information content (AvgIpc) is 2.45. The molecule has 2 rings (SSSR count). The number of carboxylic acid groups (broad SMARTS) is 1. The molecular weight excluding hydrogens is 244 g/mol. The van der Waals surface area contributed by atoms with Crippen LogP contribution in [0.15, 0.2) is 12.5 Å². The molecule has 1 N–H and O–H groups in total. The van der Waals surface area contributed by atoms with Crippen LogP contribution in [-0.4, -0.2) is 27.1 Å². The number of carbonyl (C=O) groups is 1. The minimum Gasteiger partial charge on any atom is -0.478 e. The molecule has 1 saturated carbocycles. The van der Waals surface area contributed by atoms with E-state index < -0.39 is 5.97 Å². The van der Waals surface area contributed by atoms with E-state index in [0.29, 0.717) is 5.69 Å². The summed E-state index contributed by atoms with van der Waals surface area (Å²) in [5.74, 6) is -0.266. The lowest BCUT2D eigenvalue weighted by Crippen LogP contribution is -2.23. The average molecular weight is 264 g/mol. The summed E-state index contributed by atoms with van der Waals surface area (Å²) >= 11 is 0. The van der Waals surface area contributed by atoms with Crippen LogP contribution in [0, 0.1) is 5.92 Å². The van der Waals surface area contributed by atoms with Gasteiger partial charge in [0.15, 0.2) is 0 Å². The Labute approximate surface area is 113 Å². The van der Waals surface area contributed by atoms with Crippen molar-refractivity contribution in [2.45, 2.75) is 51.7 Å². The van der Waals surface area contributed by atoms with Crippen LogP contribution in [0.2, 0.25) is 0 Å². The van der Waals surface area contributed by atoms with Crippen molar-refractivity contribution in [2.75, 3.05) is 0 Å². The fourth-order valence-electron chi connectivity index (χ4n) is 2.61. The second-order valence-electron chi connectivity index (χ2n) is 5.06. The summed E-state index contributed by atoms with van der Waals surface area (Å²) in [6.45, 7) is 2.46. The molecule has 0 saturated heterocycles. The Hall–Kier alpha value is -1.49. The monoisotopic (exact) mass is 264 g/mol. The summed E-state index contributed by atoms with van der Waals surface area (Å²) in [7, 11) is 0. The number of aromatic nitrogens is 2. The first kappa shape index (κ1) is 13.9. The van der Waals surface area contributed by atoms with Crippen molar-refractivity contribution in [3.63, 3.8) is 0 Å².